The fourth-order valence-corrected chi connectivity index (χ4v) is 3.57. The van der Waals surface area contributed by atoms with E-state index in [4.69, 9.17) is 9.47 Å². The van der Waals surface area contributed by atoms with Crippen LogP contribution in [0, 0.1) is 0 Å². The third-order valence-corrected chi connectivity index (χ3v) is 5.60. The van der Waals surface area contributed by atoms with Crippen LogP contribution in [0.5, 0.6) is 0 Å². The molecule has 0 aliphatic carbocycles. The number of amides is 2. The third-order valence-electron chi connectivity index (χ3n) is 5.60. The van der Waals surface area contributed by atoms with Gasteiger partial charge in [0.15, 0.2) is 0 Å². The number of ether oxygens (including phenoxy) is 2. The lowest BCUT2D eigenvalue weighted by molar-refractivity contribution is -0.146. The molecular weight excluding hydrogens is 488 g/mol. The van der Waals surface area contributed by atoms with Gasteiger partial charge in [0.05, 0.1) is 0 Å². The molecule has 2 amide bonds. The van der Waals surface area contributed by atoms with Crippen molar-refractivity contribution in [1.29, 1.82) is 0 Å². The van der Waals surface area contributed by atoms with Crippen LogP contribution in [0.25, 0.3) is 0 Å². The van der Waals surface area contributed by atoms with E-state index in [-0.39, 0.29) is 32.5 Å². The van der Waals surface area contributed by atoms with Crippen molar-refractivity contribution >= 4 is 23.9 Å². The highest BCUT2D eigenvalue weighted by Crippen LogP contribution is 2.08. The van der Waals surface area contributed by atoms with Gasteiger partial charge >= 0.3 is 18.0 Å². The van der Waals surface area contributed by atoms with Crippen LogP contribution in [0.3, 0.4) is 0 Å². The molecule has 0 aliphatic heterocycles. The predicted molar refractivity (Wildman–Crippen MR) is 139 cm³/mol. The maximum Gasteiger partial charge on any atom is 0.408 e. The first-order valence-electron chi connectivity index (χ1n) is 12.1. The van der Waals surface area contributed by atoms with E-state index in [1.165, 1.54) is 0 Å². The topological polar surface area (TPSA) is 131 Å². The lowest BCUT2D eigenvalue weighted by Gasteiger charge is -2.21. The van der Waals surface area contributed by atoms with Crippen LogP contribution in [0.4, 0.5) is 4.79 Å². The first-order valence-corrected chi connectivity index (χ1v) is 12.1. The van der Waals surface area contributed by atoms with Crippen LogP contribution in [0.2, 0.25) is 0 Å². The Labute approximate surface area is 220 Å². The van der Waals surface area contributed by atoms with Gasteiger partial charge in [-0.15, -0.1) is 0 Å². The largest absolute Gasteiger partial charge is 0.480 e. The van der Waals surface area contributed by atoms with Crippen LogP contribution in [0.1, 0.15) is 29.5 Å². The summed E-state index contributed by atoms with van der Waals surface area (Å²) in [6.07, 6.45) is -1.09. The zero-order chi connectivity index (χ0) is 27.2. The number of carbonyl (C=O) groups excluding carboxylic acids is 3. The number of carboxylic acid groups (broad SMARTS) is 1. The number of alkyl carbamates (subject to hydrolysis) is 1. The van der Waals surface area contributed by atoms with E-state index in [1.807, 2.05) is 42.5 Å². The molecule has 9 nitrogen and oxygen atoms in total. The molecule has 0 radical (unpaired) electrons. The van der Waals surface area contributed by atoms with E-state index in [0.717, 1.165) is 16.7 Å². The highest BCUT2D eigenvalue weighted by molar-refractivity contribution is 5.89. The van der Waals surface area contributed by atoms with Gasteiger partial charge in [-0.3, -0.25) is 9.59 Å². The van der Waals surface area contributed by atoms with Crippen molar-refractivity contribution in [3.63, 3.8) is 0 Å². The molecule has 38 heavy (non-hydrogen) atoms. The molecule has 3 aromatic carbocycles. The Hall–Kier alpha value is -4.66. The molecule has 0 spiro atoms. The van der Waals surface area contributed by atoms with Crippen LogP contribution in [-0.2, 0) is 43.5 Å². The van der Waals surface area contributed by atoms with Crippen molar-refractivity contribution in [2.45, 2.75) is 44.6 Å². The quantitative estimate of drug-likeness (QED) is 0.295. The van der Waals surface area contributed by atoms with Crippen molar-refractivity contribution in [1.82, 2.24) is 10.6 Å². The van der Waals surface area contributed by atoms with Crippen LogP contribution in [0.15, 0.2) is 91.0 Å². The zero-order valence-corrected chi connectivity index (χ0v) is 20.7. The molecule has 198 valence electrons. The standard InChI is InChI=1S/C29H30N2O7/c32-26(37-19-22-12-6-2-7-13-22)17-16-24(28(34)35)30-27(33)25(18-21-10-4-1-5-11-21)31-29(36)38-20-23-14-8-3-9-15-23/h1-15,24-25H,16-20H2,(H,30,33)(H,31,36)(H,34,35). The number of hydrogen-bond acceptors (Lipinski definition) is 6. The Morgan fingerprint density at radius 2 is 1.16 bits per heavy atom. The fraction of sp³-hybridized carbons (Fsp3) is 0.241. The number of carboxylic acids is 1. The molecule has 0 fully saturated rings. The predicted octanol–water partition coefficient (Wildman–Crippen LogP) is 3.62. The summed E-state index contributed by atoms with van der Waals surface area (Å²) in [5.74, 6) is -2.60. The molecule has 2 unspecified atom stereocenters. The Balaban J connectivity index is 1.57. The molecule has 3 aromatic rings. The lowest BCUT2D eigenvalue weighted by Crippen LogP contribution is -2.52. The molecule has 3 rings (SSSR count). The van der Waals surface area contributed by atoms with Gasteiger partial charge in [0.1, 0.15) is 25.3 Å². The van der Waals surface area contributed by atoms with Crippen molar-refractivity contribution in [3.8, 4) is 0 Å². The molecule has 0 heterocycles. The van der Waals surface area contributed by atoms with Crippen molar-refractivity contribution < 1.29 is 33.8 Å². The highest BCUT2D eigenvalue weighted by Gasteiger charge is 2.28. The number of hydrogen-bond donors (Lipinski definition) is 3. The lowest BCUT2D eigenvalue weighted by atomic mass is 10.0. The fourth-order valence-electron chi connectivity index (χ4n) is 3.57. The number of esters is 1. The van der Waals surface area contributed by atoms with Gasteiger partial charge < -0.3 is 25.2 Å². The highest BCUT2D eigenvalue weighted by atomic mass is 16.5. The Morgan fingerprint density at radius 1 is 0.658 bits per heavy atom. The van der Waals surface area contributed by atoms with Crippen LogP contribution >= 0.6 is 0 Å². The zero-order valence-electron chi connectivity index (χ0n) is 20.7. The van der Waals surface area contributed by atoms with Gasteiger partial charge in [0.25, 0.3) is 0 Å². The Morgan fingerprint density at radius 3 is 1.68 bits per heavy atom. The summed E-state index contributed by atoms with van der Waals surface area (Å²) in [5, 5.41) is 14.6. The molecule has 0 saturated carbocycles. The van der Waals surface area contributed by atoms with Gasteiger partial charge in [0, 0.05) is 12.8 Å². The first-order chi connectivity index (χ1) is 18.4. The third kappa shape index (κ3) is 9.77. The maximum atomic E-state index is 13.1. The SMILES string of the molecule is O=C(CCC(NC(=O)C(Cc1ccccc1)NC(=O)OCc1ccccc1)C(=O)O)OCc1ccccc1. The number of rotatable bonds is 13. The molecule has 0 aromatic heterocycles. The molecule has 0 saturated heterocycles. The van der Waals surface area contributed by atoms with E-state index >= 15 is 0 Å². The minimum Gasteiger partial charge on any atom is -0.480 e. The van der Waals surface area contributed by atoms with Gasteiger partial charge in [-0.05, 0) is 23.1 Å². The van der Waals surface area contributed by atoms with E-state index < -0.39 is 36.0 Å². The average Bonchev–Trinajstić information content (AvgIpc) is 2.94. The molecule has 3 N–H and O–H groups in total. The summed E-state index contributed by atoms with van der Waals surface area (Å²) >= 11 is 0. The normalized spacial score (nSPS) is 12.0. The van der Waals surface area contributed by atoms with Crippen molar-refractivity contribution in [2.24, 2.45) is 0 Å². The second kappa shape index (κ2) is 14.8. The van der Waals surface area contributed by atoms with Crippen molar-refractivity contribution in [3.05, 3.63) is 108 Å². The van der Waals surface area contributed by atoms with Gasteiger partial charge in [-0.1, -0.05) is 91.0 Å². The molecule has 9 heteroatoms. The summed E-state index contributed by atoms with van der Waals surface area (Å²) in [6.45, 7) is 0.0765. The van der Waals surface area contributed by atoms with E-state index in [2.05, 4.69) is 10.6 Å². The maximum absolute atomic E-state index is 13.1. The van der Waals surface area contributed by atoms with E-state index in [9.17, 15) is 24.3 Å². The summed E-state index contributed by atoms with van der Waals surface area (Å²) in [5.41, 5.74) is 2.34. The second-order valence-electron chi connectivity index (χ2n) is 8.53. The number of benzene rings is 3. The first kappa shape index (κ1) is 27.9. The van der Waals surface area contributed by atoms with E-state index in [0.29, 0.717) is 0 Å². The van der Waals surface area contributed by atoms with E-state index in [1.54, 1.807) is 48.5 Å². The van der Waals surface area contributed by atoms with Crippen LogP contribution in [-0.4, -0.2) is 41.1 Å². The number of carbonyl (C=O) groups is 4. The van der Waals surface area contributed by atoms with Gasteiger partial charge in [0.2, 0.25) is 5.91 Å². The molecule has 0 bridgehead atoms. The van der Waals surface area contributed by atoms with Gasteiger partial charge in [-0.25, -0.2) is 9.59 Å². The minimum atomic E-state index is -1.35. The second-order valence-corrected chi connectivity index (χ2v) is 8.53. The monoisotopic (exact) mass is 518 g/mol. The Kier molecular flexibility index (Phi) is 10.9. The van der Waals surface area contributed by atoms with Crippen molar-refractivity contribution in [2.75, 3.05) is 0 Å². The Bertz CT molecular complexity index is 1190. The number of nitrogens with one attached hydrogen (secondary N) is 2. The van der Waals surface area contributed by atoms with Crippen LogP contribution < -0.4 is 10.6 Å². The molecule has 0 aliphatic rings. The number of aliphatic carboxylic acids is 1. The summed E-state index contributed by atoms with van der Waals surface area (Å²) in [4.78, 5) is 49.5. The summed E-state index contributed by atoms with van der Waals surface area (Å²) < 4.78 is 10.4. The average molecular weight is 519 g/mol. The smallest absolute Gasteiger partial charge is 0.408 e. The van der Waals surface area contributed by atoms with Gasteiger partial charge in [-0.2, -0.15) is 0 Å². The molecule has 2 atom stereocenters. The summed E-state index contributed by atoms with van der Waals surface area (Å²) in [6, 6.07) is 24.6. The summed E-state index contributed by atoms with van der Waals surface area (Å²) in [7, 11) is 0. The molecular formula is C29H30N2O7. The minimum absolute atomic E-state index is 0.00912.